The predicted molar refractivity (Wildman–Crippen MR) is 153 cm³/mol. The van der Waals surface area contributed by atoms with Gasteiger partial charge in [0.1, 0.15) is 12.7 Å². The standard InChI is InChI=1S/C32H34O13/c1-17(33)41-16-25-28(42-18(2)34)29(43-19(3)35)30(44-20(4)36)32(45-25)40-15-8-7-14-39-31(38)24-13-9-12-23-26(24)21-10-5-6-11-22(21)27(23)37/h5-6,9-13,25,28-30,32H,7-8,14-16H2,1-4H3/t25-,28-,29+,30-,32+/m1/s1. The lowest BCUT2D eigenvalue weighted by Crippen LogP contribution is -2.63. The van der Waals surface area contributed by atoms with Crippen molar-refractivity contribution in [1.29, 1.82) is 0 Å². The molecule has 13 heteroatoms. The minimum absolute atomic E-state index is 0.0356. The molecule has 13 nitrogen and oxygen atoms in total. The van der Waals surface area contributed by atoms with Crippen LogP contribution in [0, 0.1) is 0 Å². The Morgan fingerprint density at radius 2 is 1.27 bits per heavy atom. The number of ketones is 1. The molecule has 1 heterocycles. The van der Waals surface area contributed by atoms with Crippen molar-refractivity contribution in [3.05, 3.63) is 59.2 Å². The molecule has 0 N–H and O–H groups in total. The molecule has 0 amide bonds. The number of hydrogen-bond donors (Lipinski definition) is 0. The number of esters is 5. The molecule has 2 aromatic carbocycles. The van der Waals surface area contributed by atoms with Gasteiger partial charge in [-0.15, -0.1) is 0 Å². The number of fused-ring (bicyclic) bond motifs is 3. The normalized spacial score (nSPS) is 21.6. The van der Waals surface area contributed by atoms with Crippen LogP contribution in [0.5, 0.6) is 0 Å². The van der Waals surface area contributed by atoms with Crippen LogP contribution in [-0.4, -0.2) is 86.2 Å². The lowest BCUT2D eigenvalue weighted by molar-refractivity contribution is -0.308. The van der Waals surface area contributed by atoms with Crippen molar-refractivity contribution in [1.82, 2.24) is 0 Å². The molecule has 0 unspecified atom stereocenters. The maximum absolute atomic E-state index is 13.0. The van der Waals surface area contributed by atoms with Gasteiger partial charge in [0, 0.05) is 44.4 Å². The summed E-state index contributed by atoms with van der Waals surface area (Å²) < 4.78 is 38.4. The van der Waals surface area contributed by atoms with Gasteiger partial charge in [-0.3, -0.25) is 24.0 Å². The van der Waals surface area contributed by atoms with Gasteiger partial charge in [0.2, 0.25) is 0 Å². The zero-order chi connectivity index (χ0) is 32.7. The Kier molecular flexibility index (Phi) is 11.0. The van der Waals surface area contributed by atoms with Crippen LogP contribution in [0.15, 0.2) is 42.5 Å². The van der Waals surface area contributed by atoms with Crippen molar-refractivity contribution in [2.45, 2.75) is 71.2 Å². The molecule has 2 aromatic rings. The van der Waals surface area contributed by atoms with E-state index in [1.807, 2.05) is 0 Å². The van der Waals surface area contributed by atoms with Crippen molar-refractivity contribution < 1.29 is 61.9 Å². The average Bonchev–Trinajstić information content (AvgIpc) is 3.27. The lowest BCUT2D eigenvalue weighted by Gasteiger charge is -2.44. The van der Waals surface area contributed by atoms with E-state index in [-0.39, 0.29) is 25.6 Å². The molecule has 4 rings (SSSR count). The maximum Gasteiger partial charge on any atom is 0.338 e. The van der Waals surface area contributed by atoms with Crippen molar-refractivity contribution in [2.24, 2.45) is 0 Å². The van der Waals surface area contributed by atoms with Crippen LogP contribution in [0.4, 0.5) is 0 Å². The Morgan fingerprint density at radius 3 is 1.93 bits per heavy atom. The van der Waals surface area contributed by atoms with Crippen LogP contribution in [0.2, 0.25) is 0 Å². The summed E-state index contributed by atoms with van der Waals surface area (Å²) in [7, 11) is 0. The molecule has 1 aliphatic carbocycles. The quantitative estimate of drug-likeness (QED) is 0.164. The van der Waals surface area contributed by atoms with Crippen LogP contribution in [0.25, 0.3) is 11.1 Å². The summed E-state index contributed by atoms with van der Waals surface area (Å²) in [5.41, 5.74) is 2.51. The minimum Gasteiger partial charge on any atom is -0.463 e. The molecule has 45 heavy (non-hydrogen) atoms. The summed E-state index contributed by atoms with van der Waals surface area (Å²) in [5.74, 6) is -3.57. The molecule has 0 radical (unpaired) electrons. The van der Waals surface area contributed by atoms with Gasteiger partial charge in [-0.05, 0) is 24.5 Å². The van der Waals surface area contributed by atoms with Gasteiger partial charge in [0.15, 0.2) is 30.4 Å². The molecule has 1 aliphatic heterocycles. The summed E-state index contributed by atoms with van der Waals surface area (Å²) in [4.78, 5) is 73.0. The Balaban J connectivity index is 1.38. The van der Waals surface area contributed by atoms with E-state index in [1.54, 1.807) is 42.5 Å². The first kappa shape index (κ1) is 33.3. The van der Waals surface area contributed by atoms with E-state index in [4.69, 9.17) is 33.2 Å². The molecule has 0 aromatic heterocycles. The third kappa shape index (κ3) is 8.11. The highest BCUT2D eigenvalue weighted by molar-refractivity contribution is 6.24. The number of hydrogen-bond acceptors (Lipinski definition) is 13. The molecule has 1 fully saturated rings. The number of ether oxygens (including phenoxy) is 7. The van der Waals surface area contributed by atoms with E-state index in [1.165, 1.54) is 6.92 Å². The lowest BCUT2D eigenvalue weighted by atomic mass is 9.98. The number of carbonyl (C=O) groups excluding carboxylic acids is 6. The summed E-state index contributed by atoms with van der Waals surface area (Å²) in [6.45, 7) is 4.29. The first-order chi connectivity index (χ1) is 21.5. The SMILES string of the molecule is CC(=O)OC[C@H]1O[C@H](OCCCCOC(=O)c2cccc3c2-c2ccccc2C3=O)[C@H](OC(C)=O)[C@@H](OC(C)=O)[C@@H]1OC(C)=O. The smallest absolute Gasteiger partial charge is 0.338 e. The second-order valence-electron chi connectivity index (χ2n) is 10.4. The highest BCUT2D eigenvalue weighted by Gasteiger charge is 2.52. The number of unbranched alkanes of at least 4 members (excludes halogenated alkanes) is 1. The van der Waals surface area contributed by atoms with Crippen LogP contribution < -0.4 is 0 Å². The van der Waals surface area contributed by atoms with E-state index in [9.17, 15) is 28.8 Å². The number of rotatable bonds is 12. The largest absolute Gasteiger partial charge is 0.463 e. The van der Waals surface area contributed by atoms with Crippen LogP contribution in [-0.2, 0) is 52.3 Å². The Bertz CT molecular complexity index is 1460. The molecule has 5 atom stereocenters. The zero-order valence-corrected chi connectivity index (χ0v) is 25.3. The maximum atomic E-state index is 13.0. The Hall–Kier alpha value is -4.62. The first-order valence-corrected chi connectivity index (χ1v) is 14.3. The molecule has 0 bridgehead atoms. The monoisotopic (exact) mass is 626 g/mol. The number of benzene rings is 2. The van der Waals surface area contributed by atoms with Crippen molar-refractivity contribution in [3.8, 4) is 11.1 Å². The summed E-state index contributed by atoms with van der Waals surface area (Å²) in [5, 5.41) is 0. The fourth-order valence-electron chi connectivity index (χ4n) is 5.22. The predicted octanol–water partition coefficient (Wildman–Crippen LogP) is 2.93. The van der Waals surface area contributed by atoms with Gasteiger partial charge >= 0.3 is 29.8 Å². The molecule has 0 saturated carbocycles. The van der Waals surface area contributed by atoms with Gasteiger partial charge in [-0.2, -0.15) is 0 Å². The topological polar surface area (TPSA) is 167 Å². The third-order valence-corrected chi connectivity index (χ3v) is 6.97. The van der Waals surface area contributed by atoms with Gasteiger partial charge in [-0.1, -0.05) is 36.4 Å². The molecule has 0 spiro atoms. The fraction of sp³-hybridized carbons (Fsp3) is 0.438. The molecular weight excluding hydrogens is 592 g/mol. The summed E-state index contributed by atoms with van der Waals surface area (Å²) >= 11 is 0. The second-order valence-corrected chi connectivity index (χ2v) is 10.4. The minimum atomic E-state index is -1.33. The van der Waals surface area contributed by atoms with Crippen molar-refractivity contribution in [2.75, 3.05) is 19.8 Å². The third-order valence-electron chi connectivity index (χ3n) is 6.97. The molecular formula is C32H34O13. The highest BCUT2D eigenvalue weighted by atomic mass is 16.7. The van der Waals surface area contributed by atoms with E-state index < -0.39 is 60.6 Å². The summed E-state index contributed by atoms with van der Waals surface area (Å²) in [6.07, 6.45) is -5.61. The van der Waals surface area contributed by atoms with Crippen LogP contribution >= 0.6 is 0 Å². The Morgan fingerprint density at radius 1 is 0.667 bits per heavy atom. The molecule has 2 aliphatic rings. The van der Waals surface area contributed by atoms with Crippen molar-refractivity contribution in [3.63, 3.8) is 0 Å². The highest BCUT2D eigenvalue weighted by Crippen LogP contribution is 2.39. The molecule has 1 saturated heterocycles. The van der Waals surface area contributed by atoms with E-state index in [0.29, 0.717) is 40.7 Å². The second kappa shape index (κ2) is 14.9. The van der Waals surface area contributed by atoms with E-state index in [0.717, 1.165) is 20.8 Å². The average molecular weight is 627 g/mol. The zero-order valence-electron chi connectivity index (χ0n) is 25.3. The number of carbonyl (C=O) groups is 6. The van der Waals surface area contributed by atoms with Crippen molar-refractivity contribution >= 4 is 35.6 Å². The van der Waals surface area contributed by atoms with E-state index >= 15 is 0 Å². The van der Waals surface area contributed by atoms with Crippen LogP contribution in [0.3, 0.4) is 0 Å². The van der Waals surface area contributed by atoms with Gasteiger partial charge < -0.3 is 33.2 Å². The Labute approximate surface area is 259 Å². The fourth-order valence-corrected chi connectivity index (χ4v) is 5.22. The van der Waals surface area contributed by atoms with E-state index in [2.05, 4.69) is 0 Å². The molecule has 240 valence electrons. The summed E-state index contributed by atoms with van der Waals surface area (Å²) in [6, 6.07) is 12.0. The first-order valence-electron chi connectivity index (χ1n) is 14.3. The van der Waals surface area contributed by atoms with Gasteiger partial charge in [0.05, 0.1) is 18.8 Å². The van der Waals surface area contributed by atoms with Crippen LogP contribution in [0.1, 0.15) is 66.8 Å². The van der Waals surface area contributed by atoms with Gasteiger partial charge in [-0.25, -0.2) is 4.79 Å². The van der Waals surface area contributed by atoms with Gasteiger partial charge in [0.25, 0.3) is 0 Å².